The number of hydrogen-bond acceptors (Lipinski definition) is 3. The van der Waals surface area contributed by atoms with Crippen LogP contribution >= 0.6 is 11.8 Å². The van der Waals surface area contributed by atoms with E-state index in [4.69, 9.17) is 0 Å². The number of guanidine groups is 1. The lowest BCUT2D eigenvalue weighted by Gasteiger charge is -2.21. The highest BCUT2D eigenvalue weighted by Gasteiger charge is 2.20. The van der Waals surface area contributed by atoms with Gasteiger partial charge in [0.05, 0.1) is 0 Å². The minimum absolute atomic E-state index is 0.212. The van der Waals surface area contributed by atoms with Crippen LogP contribution in [0.2, 0.25) is 0 Å². The maximum absolute atomic E-state index is 12.1. The number of thioether (sulfide) groups is 1. The lowest BCUT2D eigenvalue weighted by Crippen LogP contribution is -2.43. The van der Waals surface area contributed by atoms with Gasteiger partial charge in [-0.3, -0.25) is 9.79 Å². The Hall–Kier alpha value is -1.69. The maximum Gasteiger partial charge on any atom is 0.223 e. The van der Waals surface area contributed by atoms with Gasteiger partial charge < -0.3 is 16.0 Å². The quantitative estimate of drug-likeness (QED) is 0.288. The van der Waals surface area contributed by atoms with E-state index in [1.54, 1.807) is 7.05 Å². The van der Waals surface area contributed by atoms with Gasteiger partial charge in [-0.15, -0.1) is 11.8 Å². The third-order valence-electron chi connectivity index (χ3n) is 4.32. The van der Waals surface area contributed by atoms with Crippen LogP contribution in [0.1, 0.15) is 32.1 Å². The van der Waals surface area contributed by atoms with Crippen molar-refractivity contribution in [2.24, 2.45) is 10.9 Å². The first-order valence-corrected chi connectivity index (χ1v) is 10.2. The zero-order chi connectivity index (χ0) is 17.7. The van der Waals surface area contributed by atoms with E-state index >= 15 is 0 Å². The summed E-state index contributed by atoms with van der Waals surface area (Å²) in [6.45, 7) is 2.16. The average Bonchev–Trinajstić information content (AvgIpc) is 2.68. The van der Waals surface area contributed by atoms with Crippen LogP contribution in [0.4, 0.5) is 0 Å². The lowest BCUT2D eigenvalue weighted by molar-refractivity contribution is -0.125. The second-order valence-electron chi connectivity index (χ2n) is 6.21. The third-order valence-corrected chi connectivity index (χ3v) is 5.34. The summed E-state index contributed by atoms with van der Waals surface area (Å²) in [5.41, 5.74) is 0. The predicted octanol–water partition coefficient (Wildman–Crippen LogP) is 2.64. The molecule has 1 aromatic rings. The Morgan fingerprint density at radius 3 is 2.44 bits per heavy atom. The average molecular weight is 363 g/mol. The molecule has 1 aliphatic rings. The van der Waals surface area contributed by atoms with Crippen molar-refractivity contribution in [3.05, 3.63) is 30.3 Å². The Morgan fingerprint density at radius 1 is 1.04 bits per heavy atom. The van der Waals surface area contributed by atoms with Crippen molar-refractivity contribution >= 4 is 23.6 Å². The highest BCUT2D eigenvalue weighted by molar-refractivity contribution is 7.99. The fourth-order valence-electron chi connectivity index (χ4n) is 2.95. The molecule has 0 spiro atoms. The topological polar surface area (TPSA) is 65.5 Å². The molecule has 0 saturated heterocycles. The first-order chi connectivity index (χ1) is 12.3. The van der Waals surface area contributed by atoms with Gasteiger partial charge in [0.2, 0.25) is 5.91 Å². The zero-order valence-electron chi connectivity index (χ0n) is 15.1. The van der Waals surface area contributed by atoms with Crippen LogP contribution in [-0.2, 0) is 4.79 Å². The second-order valence-corrected chi connectivity index (χ2v) is 7.38. The highest BCUT2D eigenvalue weighted by Crippen LogP contribution is 2.23. The van der Waals surface area contributed by atoms with Crippen molar-refractivity contribution in [1.82, 2.24) is 16.0 Å². The molecule has 1 amide bonds. The van der Waals surface area contributed by atoms with Crippen LogP contribution in [0.15, 0.2) is 40.2 Å². The molecule has 25 heavy (non-hydrogen) atoms. The number of carbonyl (C=O) groups excluding carboxylic acids is 1. The van der Waals surface area contributed by atoms with Gasteiger partial charge >= 0.3 is 0 Å². The molecule has 0 aliphatic heterocycles. The van der Waals surface area contributed by atoms with E-state index in [0.717, 1.165) is 31.1 Å². The summed E-state index contributed by atoms with van der Waals surface area (Å²) in [5.74, 6) is 2.19. The van der Waals surface area contributed by atoms with E-state index < -0.39 is 0 Å². The van der Waals surface area contributed by atoms with E-state index in [-0.39, 0.29) is 11.8 Å². The van der Waals surface area contributed by atoms with Crippen LogP contribution in [0.5, 0.6) is 0 Å². The molecule has 0 unspecified atom stereocenters. The van der Waals surface area contributed by atoms with E-state index in [0.29, 0.717) is 13.1 Å². The van der Waals surface area contributed by atoms with E-state index in [9.17, 15) is 4.79 Å². The normalized spacial score (nSPS) is 15.6. The van der Waals surface area contributed by atoms with Crippen molar-refractivity contribution in [1.29, 1.82) is 0 Å². The molecule has 3 N–H and O–H groups in total. The molecule has 1 aromatic carbocycles. The van der Waals surface area contributed by atoms with E-state index in [2.05, 4.69) is 45.2 Å². The molecule has 1 fully saturated rings. The Kier molecular flexibility index (Phi) is 9.26. The third kappa shape index (κ3) is 7.82. The summed E-state index contributed by atoms with van der Waals surface area (Å²) >= 11 is 1.82. The SMILES string of the molecule is CN=C(NCCNC(=O)C1CCCCC1)NCCSc1ccccc1. The molecule has 0 atom stereocenters. The molecule has 1 aliphatic carbocycles. The van der Waals surface area contributed by atoms with Gasteiger partial charge in [0.25, 0.3) is 0 Å². The minimum Gasteiger partial charge on any atom is -0.356 e. The molecule has 138 valence electrons. The molecule has 2 rings (SSSR count). The molecule has 1 saturated carbocycles. The van der Waals surface area contributed by atoms with Gasteiger partial charge in [0.1, 0.15) is 0 Å². The number of amides is 1. The molecular weight excluding hydrogens is 332 g/mol. The van der Waals surface area contributed by atoms with Crippen molar-refractivity contribution in [3.63, 3.8) is 0 Å². The van der Waals surface area contributed by atoms with Crippen LogP contribution in [-0.4, -0.2) is 44.3 Å². The molecule has 0 heterocycles. The summed E-state index contributed by atoms with van der Waals surface area (Å²) < 4.78 is 0. The number of carbonyl (C=O) groups is 1. The zero-order valence-corrected chi connectivity index (χ0v) is 15.9. The van der Waals surface area contributed by atoms with Gasteiger partial charge in [-0.2, -0.15) is 0 Å². The maximum atomic E-state index is 12.1. The molecule has 5 nitrogen and oxygen atoms in total. The van der Waals surface area contributed by atoms with Crippen molar-refractivity contribution in [3.8, 4) is 0 Å². The summed E-state index contributed by atoms with van der Waals surface area (Å²) in [6.07, 6.45) is 5.74. The largest absolute Gasteiger partial charge is 0.356 e. The number of hydrogen-bond donors (Lipinski definition) is 3. The number of nitrogens with one attached hydrogen (secondary N) is 3. The van der Waals surface area contributed by atoms with E-state index in [1.165, 1.54) is 24.2 Å². The second kappa shape index (κ2) is 11.8. The molecule has 0 bridgehead atoms. The van der Waals surface area contributed by atoms with Gasteiger partial charge in [-0.25, -0.2) is 0 Å². The summed E-state index contributed by atoms with van der Waals surface area (Å²) in [6, 6.07) is 10.4. The van der Waals surface area contributed by atoms with Gasteiger partial charge in [-0.1, -0.05) is 37.5 Å². The highest BCUT2D eigenvalue weighted by atomic mass is 32.2. The first kappa shape index (κ1) is 19.6. The number of aliphatic imine (C=N–C) groups is 1. The van der Waals surface area contributed by atoms with Crippen LogP contribution in [0, 0.1) is 5.92 Å². The molecule has 0 radical (unpaired) electrons. The number of nitrogens with zero attached hydrogens (tertiary/aromatic N) is 1. The Balaban J connectivity index is 1.53. The predicted molar refractivity (Wildman–Crippen MR) is 106 cm³/mol. The Labute approximate surface area is 155 Å². The van der Waals surface area contributed by atoms with Gasteiger partial charge in [0.15, 0.2) is 5.96 Å². The molecular formula is C19H30N4OS. The summed E-state index contributed by atoms with van der Waals surface area (Å²) in [5, 5.41) is 9.57. The van der Waals surface area contributed by atoms with Crippen molar-refractivity contribution in [2.45, 2.75) is 37.0 Å². The molecule has 0 aromatic heterocycles. The van der Waals surface area contributed by atoms with Crippen LogP contribution in [0.3, 0.4) is 0 Å². The van der Waals surface area contributed by atoms with Crippen molar-refractivity contribution in [2.75, 3.05) is 32.4 Å². The first-order valence-electron chi connectivity index (χ1n) is 9.19. The fraction of sp³-hybridized carbons (Fsp3) is 0.579. The minimum atomic E-state index is 0.212. The fourth-order valence-corrected chi connectivity index (χ4v) is 3.74. The standard InChI is InChI=1S/C19H30N4OS/c1-20-19(23-14-15-25-17-10-6-3-7-11-17)22-13-12-21-18(24)16-8-4-2-5-9-16/h3,6-7,10-11,16H,2,4-5,8-9,12-15H2,1H3,(H,21,24)(H2,20,22,23). The summed E-state index contributed by atoms with van der Waals surface area (Å²) in [4.78, 5) is 17.6. The number of rotatable bonds is 8. The van der Waals surface area contributed by atoms with Crippen LogP contribution in [0.25, 0.3) is 0 Å². The molecule has 6 heteroatoms. The van der Waals surface area contributed by atoms with Crippen LogP contribution < -0.4 is 16.0 Å². The Morgan fingerprint density at radius 2 is 1.72 bits per heavy atom. The van der Waals surface area contributed by atoms with Gasteiger partial charge in [-0.05, 0) is 25.0 Å². The van der Waals surface area contributed by atoms with Gasteiger partial charge in [0, 0.05) is 43.2 Å². The Bertz CT molecular complexity index is 529. The van der Waals surface area contributed by atoms with Crippen molar-refractivity contribution < 1.29 is 4.79 Å². The number of benzene rings is 1. The monoisotopic (exact) mass is 362 g/mol. The summed E-state index contributed by atoms with van der Waals surface area (Å²) in [7, 11) is 1.76. The smallest absolute Gasteiger partial charge is 0.223 e. The van der Waals surface area contributed by atoms with E-state index in [1.807, 2.05) is 17.8 Å². The lowest BCUT2D eigenvalue weighted by atomic mass is 9.89.